The summed E-state index contributed by atoms with van der Waals surface area (Å²) in [5.41, 5.74) is -0.153. The molecule has 1 heterocycles. The van der Waals surface area contributed by atoms with E-state index in [1.165, 1.54) is 0 Å². The fourth-order valence-electron chi connectivity index (χ4n) is 3.06. The van der Waals surface area contributed by atoms with Crippen LogP contribution in [0.1, 0.15) is 52.4 Å². The Morgan fingerprint density at radius 2 is 2.00 bits per heavy atom. The summed E-state index contributed by atoms with van der Waals surface area (Å²) in [6.45, 7) is 6.82. The second-order valence-electron chi connectivity index (χ2n) is 5.69. The Labute approximate surface area is 117 Å². The van der Waals surface area contributed by atoms with Crippen molar-refractivity contribution in [3.05, 3.63) is 0 Å². The van der Waals surface area contributed by atoms with Crippen LogP contribution in [0.2, 0.25) is 0 Å². The van der Waals surface area contributed by atoms with Crippen LogP contribution < -0.4 is 10.6 Å². The van der Waals surface area contributed by atoms with Crippen LogP contribution >= 0.6 is 0 Å². The van der Waals surface area contributed by atoms with Gasteiger partial charge in [0.2, 0.25) is 5.91 Å². The minimum absolute atomic E-state index is 0.153. The van der Waals surface area contributed by atoms with Crippen LogP contribution in [0.5, 0.6) is 0 Å². The lowest BCUT2D eigenvalue weighted by Gasteiger charge is -2.37. The average Bonchev–Trinajstić information content (AvgIpc) is 2.40. The van der Waals surface area contributed by atoms with E-state index in [9.17, 15) is 4.79 Å². The summed E-state index contributed by atoms with van der Waals surface area (Å²) < 4.78 is 5.21. The Morgan fingerprint density at radius 3 is 2.53 bits per heavy atom. The molecule has 0 radical (unpaired) electrons. The number of rotatable bonds is 8. The quantitative estimate of drug-likeness (QED) is 0.710. The summed E-state index contributed by atoms with van der Waals surface area (Å²) in [4.78, 5) is 12.7. The molecule has 4 nitrogen and oxygen atoms in total. The predicted molar refractivity (Wildman–Crippen MR) is 78.2 cm³/mol. The van der Waals surface area contributed by atoms with Gasteiger partial charge in [-0.25, -0.2) is 0 Å². The minimum atomic E-state index is -0.153. The maximum Gasteiger partial charge on any atom is 0.226 e. The molecule has 1 saturated heterocycles. The standard InChI is InChI=1S/C15H30N2O2/c1-4-6-13(12-19-3)17-14(18)15(7-5-2)8-10-16-11-9-15/h13,16H,4-12H2,1-3H3,(H,17,18). The van der Waals surface area contributed by atoms with Crippen LogP contribution in [0, 0.1) is 5.41 Å². The van der Waals surface area contributed by atoms with E-state index in [1.807, 2.05) is 0 Å². The van der Waals surface area contributed by atoms with Gasteiger partial charge in [0.1, 0.15) is 0 Å². The average molecular weight is 270 g/mol. The lowest BCUT2D eigenvalue weighted by Crippen LogP contribution is -2.51. The Bertz CT molecular complexity index is 251. The molecule has 1 rings (SSSR count). The summed E-state index contributed by atoms with van der Waals surface area (Å²) in [5.74, 6) is 0.242. The summed E-state index contributed by atoms with van der Waals surface area (Å²) in [6.07, 6.45) is 6.02. The summed E-state index contributed by atoms with van der Waals surface area (Å²) in [6, 6.07) is 0.158. The van der Waals surface area contributed by atoms with Gasteiger partial charge in [0, 0.05) is 7.11 Å². The zero-order chi connectivity index (χ0) is 14.1. The molecular weight excluding hydrogens is 240 g/mol. The maximum absolute atomic E-state index is 12.7. The van der Waals surface area contributed by atoms with E-state index in [4.69, 9.17) is 4.74 Å². The molecule has 2 N–H and O–H groups in total. The third-order valence-corrected chi connectivity index (χ3v) is 4.11. The van der Waals surface area contributed by atoms with E-state index in [-0.39, 0.29) is 17.4 Å². The third-order valence-electron chi connectivity index (χ3n) is 4.11. The first kappa shape index (κ1) is 16.4. The molecule has 1 amide bonds. The highest BCUT2D eigenvalue weighted by Crippen LogP contribution is 2.34. The number of methoxy groups -OCH3 is 1. The van der Waals surface area contributed by atoms with Crippen LogP contribution in [0.25, 0.3) is 0 Å². The van der Waals surface area contributed by atoms with Crippen molar-refractivity contribution in [2.75, 3.05) is 26.8 Å². The van der Waals surface area contributed by atoms with Gasteiger partial charge in [-0.3, -0.25) is 4.79 Å². The molecule has 0 bridgehead atoms. The van der Waals surface area contributed by atoms with Crippen molar-refractivity contribution >= 4 is 5.91 Å². The molecule has 0 aromatic carbocycles. The largest absolute Gasteiger partial charge is 0.383 e. The number of carbonyl (C=O) groups excluding carboxylic acids is 1. The molecule has 112 valence electrons. The fourth-order valence-corrected chi connectivity index (χ4v) is 3.06. The number of carbonyl (C=O) groups is 1. The molecular formula is C15H30N2O2. The Hall–Kier alpha value is -0.610. The van der Waals surface area contributed by atoms with Gasteiger partial charge in [0.15, 0.2) is 0 Å². The normalized spacial score (nSPS) is 19.9. The predicted octanol–water partition coefficient (Wildman–Crippen LogP) is 2.09. The van der Waals surface area contributed by atoms with Crippen molar-refractivity contribution in [1.82, 2.24) is 10.6 Å². The van der Waals surface area contributed by atoms with Gasteiger partial charge in [-0.05, 0) is 38.8 Å². The SMILES string of the molecule is CCCC(COC)NC(=O)C1(CCC)CCNCC1. The minimum Gasteiger partial charge on any atom is -0.383 e. The molecule has 1 fully saturated rings. The zero-order valence-electron chi connectivity index (χ0n) is 12.8. The van der Waals surface area contributed by atoms with E-state index in [0.717, 1.165) is 51.6 Å². The van der Waals surface area contributed by atoms with E-state index < -0.39 is 0 Å². The topological polar surface area (TPSA) is 50.4 Å². The lowest BCUT2D eigenvalue weighted by atomic mass is 9.74. The summed E-state index contributed by atoms with van der Waals surface area (Å²) in [5, 5.41) is 6.57. The molecule has 0 spiro atoms. The highest BCUT2D eigenvalue weighted by Gasteiger charge is 2.39. The van der Waals surface area contributed by atoms with Gasteiger partial charge in [-0.1, -0.05) is 26.7 Å². The van der Waals surface area contributed by atoms with Crippen LogP contribution in [-0.2, 0) is 9.53 Å². The molecule has 1 aliphatic rings. The summed E-state index contributed by atoms with van der Waals surface area (Å²) in [7, 11) is 1.70. The van der Waals surface area contributed by atoms with E-state index in [2.05, 4.69) is 24.5 Å². The molecule has 4 heteroatoms. The molecule has 0 aromatic heterocycles. The highest BCUT2D eigenvalue weighted by molar-refractivity contribution is 5.83. The Morgan fingerprint density at radius 1 is 1.32 bits per heavy atom. The molecule has 19 heavy (non-hydrogen) atoms. The fraction of sp³-hybridized carbons (Fsp3) is 0.933. The van der Waals surface area contributed by atoms with Crippen molar-refractivity contribution < 1.29 is 9.53 Å². The van der Waals surface area contributed by atoms with E-state index in [0.29, 0.717) is 6.61 Å². The first-order valence-electron chi connectivity index (χ1n) is 7.69. The number of hydrogen-bond acceptors (Lipinski definition) is 3. The van der Waals surface area contributed by atoms with Crippen molar-refractivity contribution in [3.63, 3.8) is 0 Å². The summed E-state index contributed by atoms with van der Waals surface area (Å²) >= 11 is 0. The maximum atomic E-state index is 12.7. The van der Waals surface area contributed by atoms with Gasteiger partial charge in [0.25, 0.3) is 0 Å². The first-order valence-corrected chi connectivity index (χ1v) is 7.69. The van der Waals surface area contributed by atoms with Gasteiger partial charge < -0.3 is 15.4 Å². The zero-order valence-corrected chi connectivity index (χ0v) is 12.8. The van der Waals surface area contributed by atoms with E-state index >= 15 is 0 Å². The second-order valence-corrected chi connectivity index (χ2v) is 5.69. The molecule has 1 atom stereocenters. The van der Waals surface area contributed by atoms with Crippen LogP contribution in [0.15, 0.2) is 0 Å². The number of nitrogens with one attached hydrogen (secondary N) is 2. The van der Waals surface area contributed by atoms with Gasteiger partial charge in [-0.2, -0.15) is 0 Å². The Kier molecular flexibility index (Phi) is 7.39. The lowest BCUT2D eigenvalue weighted by molar-refractivity contribution is -0.134. The van der Waals surface area contributed by atoms with Crippen LogP contribution in [0.4, 0.5) is 0 Å². The van der Waals surface area contributed by atoms with Gasteiger partial charge >= 0.3 is 0 Å². The number of amides is 1. The Balaban J connectivity index is 2.64. The van der Waals surface area contributed by atoms with Crippen molar-refractivity contribution in [2.45, 2.75) is 58.4 Å². The van der Waals surface area contributed by atoms with Crippen LogP contribution in [0.3, 0.4) is 0 Å². The molecule has 1 aliphatic heterocycles. The van der Waals surface area contributed by atoms with Crippen LogP contribution in [-0.4, -0.2) is 38.8 Å². The second kappa shape index (κ2) is 8.54. The number of ether oxygens (including phenoxy) is 1. The van der Waals surface area contributed by atoms with Gasteiger partial charge in [0.05, 0.1) is 18.1 Å². The molecule has 0 saturated carbocycles. The molecule has 0 aromatic rings. The van der Waals surface area contributed by atoms with E-state index in [1.54, 1.807) is 7.11 Å². The monoisotopic (exact) mass is 270 g/mol. The van der Waals surface area contributed by atoms with Crippen molar-refractivity contribution in [1.29, 1.82) is 0 Å². The van der Waals surface area contributed by atoms with Gasteiger partial charge in [-0.15, -0.1) is 0 Å². The number of piperidine rings is 1. The smallest absolute Gasteiger partial charge is 0.226 e. The van der Waals surface area contributed by atoms with Crippen molar-refractivity contribution in [3.8, 4) is 0 Å². The van der Waals surface area contributed by atoms with Crippen molar-refractivity contribution in [2.24, 2.45) is 5.41 Å². The third kappa shape index (κ3) is 4.77. The molecule has 0 aliphatic carbocycles. The first-order chi connectivity index (χ1) is 9.18. The number of hydrogen-bond donors (Lipinski definition) is 2. The highest BCUT2D eigenvalue weighted by atomic mass is 16.5. The molecule has 1 unspecified atom stereocenters.